The van der Waals surface area contributed by atoms with Crippen molar-refractivity contribution in [1.82, 2.24) is 0 Å². The molecule has 0 saturated heterocycles. The van der Waals surface area contributed by atoms with Crippen LogP contribution in [0, 0.1) is 0 Å². The molecule has 0 aliphatic heterocycles. The van der Waals surface area contributed by atoms with Crippen molar-refractivity contribution in [2.45, 2.75) is 297 Å². The Labute approximate surface area is 379 Å². The Hall–Kier alpha value is -2.11. The smallest absolute Gasteiger partial charge is 0.306 e. The maximum Gasteiger partial charge on any atom is 0.306 e. The van der Waals surface area contributed by atoms with E-state index in [2.05, 4.69) is 45.1 Å². The van der Waals surface area contributed by atoms with E-state index in [-0.39, 0.29) is 31.1 Å². The summed E-state index contributed by atoms with van der Waals surface area (Å²) in [6.07, 6.45) is 57.9. The van der Waals surface area contributed by atoms with Gasteiger partial charge in [0.2, 0.25) is 0 Å². The molecule has 358 valence electrons. The summed E-state index contributed by atoms with van der Waals surface area (Å²) in [4.78, 5) is 37.6. The first-order valence-electron chi connectivity index (χ1n) is 26.8. The number of ether oxygens (including phenoxy) is 3. The summed E-state index contributed by atoms with van der Waals surface area (Å²) in [6, 6.07) is 0. The first-order valence-corrected chi connectivity index (χ1v) is 26.8. The highest BCUT2D eigenvalue weighted by molar-refractivity contribution is 5.71. The molecule has 0 aromatic rings. The van der Waals surface area contributed by atoms with Crippen molar-refractivity contribution >= 4 is 17.9 Å². The van der Waals surface area contributed by atoms with E-state index in [1.54, 1.807) is 0 Å². The van der Waals surface area contributed by atoms with Crippen molar-refractivity contribution in [1.29, 1.82) is 0 Å². The number of hydrogen-bond donors (Lipinski definition) is 0. The molecule has 0 radical (unpaired) electrons. The van der Waals surface area contributed by atoms with Gasteiger partial charge in [-0.1, -0.05) is 251 Å². The molecule has 0 aliphatic carbocycles. The molecule has 61 heavy (non-hydrogen) atoms. The molecular weight excluding hydrogens is 757 g/mol. The molecule has 6 heteroatoms. The molecule has 1 unspecified atom stereocenters. The summed E-state index contributed by atoms with van der Waals surface area (Å²) in [7, 11) is 0. The molecule has 0 saturated carbocycles. The van der Waals surface area contributed by atoms with Crippen LogP contribution in [0.2, 0.25) is 0 Å². The Morgan fingerprint density at radius 3 is 0.951 bits per heavy atom. The lowest BCUT2D eigenvalue weighted by molar-refractivity contribution is -0.167. The molecule has 6 nitrogen and oxygen atoms in total. The van der Waals surface area contributed by atoms with Crippen LogP contribution in [0.3, 0.4) is 0 Å². The van der Waals surface area contributed by atoms with Gasteiger partial charge >= 0.3 is 17.9 Å². The van der Waals surface area contributed by atoms with Crippen LogP contribution >= 0.6 is 0 Å². The summed E-state index contributed by atoms with van der Waals surface area (Å²) in [5, 5.41) is 0. The standard InChI is InChI=1S/C55H102O6/c1-4-7-10-13-15-17-19-21-23-24-25-26-27-28-29-30-31-32-34-35-37-39-42-45-48-54(57)60-51-52(50-59-53(56)47-44-41-12-9-6-3)61-55(58)49-46-43-40-38-36-33-22-20-18-16-14-11-8-5-2/h14,16,20,22,52H,4-13,15,17-19,21,23-51H2,1-3H3/b16-14-,22-20-. The summed E-state index contributed by atoms with van der Waals surface area (Å²) in [5.74, 6) is -0.889. The fraction of sp³-hybridized carbons (Fsp3) is 0.873. The third kappa shape index (κ3) is 48.8. The van der Waals surface area contributed by atoms with Crippen LogP contribution in [0.1, 0.15) is 290 Å². The van der Waals surface area contributed by atoms with Crippen LogP contribution in [0.15, 0.2) is 24.3 Å². The number of rotatable bonds is 49. The highest BCUT2D eigenvalue weighted by Gasteiger charge is 2.19. The quantitative estimate of drug-likeness (QED) is 0.0262. The highest BCUT2D eigenvalue weighted by atomic mass is 16.6. The Balaban J connectivity index is 4.03. The topological polar surface area (TPSA) is 78.9 Å². The summed E-state index contributed by atoms with van der Waals surface area (Å²) >= 11 is 0. The molecule has 0 bridgehead atoms. The van der Waals surface area contributed by atoms with Crippen LogP contribution in [0.25, 0.3) is 0 Å². The molecule has 0 rings (SSSR count). The van der Waals surface area contributed by atoms with Gasteiger partial charge in [-0.3, -0.25) is 14.4 Å². The second-order valence-corrected chi connectivity index (χ2v) is 18.2. The Morgan fingerprint density at radius 2 is 0.607 bits per heavy atom. The minimum Gasteiger partial charge on any atom is -0.462 e. The molecular formula is C55H102O6. The Bertz CT molecular complexity index is 989. The number of esters is 3. The zero-order chi connectivity index (χ0) is 44.4. The minimum absolute atomic E-state index is 0.0736. The van der Waals surface area contributed by atoms with Crippen molar-refractivity contribution in [2.75, 3.05) is 13.2 Å². The van der Waals surface area contributed by atoms with Gasteiger partial charge in [0, 0.05) is 19.3 Å². The Kier molecular flexibility index (Phi) is 48.8. The van der Waals surface area contributed by atoms with E-state index in [4.69, 9.17) is 14.2 Å². The van der Waals surface area contributed by atoms with Gasteiger partial charge in [-0.15, -0.1) is 0 Å². The van der Waals surface area contributed by atoms with E-state index in [1.165, 1.54) is 161 Å². The fourth-order valence-electron chi connectivity index (χ4n) is 7.87. The average molecular weight is 859 g/mol. The van der Waals surface area contributed by atoms with Crippen molar-refractivity contribution in [3.8, 4) is 0 Å². The molecule has 0 heterocycles. The SMILES string of the molecule is CCCC/C=C\C/C=C\CCCCCCCC(=O)OC(COC(=O)CCCCCCC)COC(=O)CCCCCCCCCCCCCCCCCCCCCCCCCC. The maximum atomic E-state index is 12.7. The number of carbonyl (C=O) groups is 3. The number of carbonyl (C=O) groups excluding carboxylic acids is 3. The molecule has 0 aromatic heterocycles. The van der Waals surface area contributed by atoms with Gasteiger partial charge in [0.25, 0.3) is 0 Å². The highest BCUT2D eigenvalue weighted by Crippen LogP contribution is 2.17. The molecule has 0 fully saturated rings. The van der Waals surface area contributed by atoms with Crippen LogP contribution in [-0.2, 0) is 28.6 Å². The molecule has 1 atom stereocenters. The van der Waals surface area contributed by atoms with E-state index in [9.17, 15) is 14.4 Å². The summed E-state index contributed by atoms with van der Waals surface area (Å²) in [5.41, 5.74) is 0. The normalized spacial score (nSPS) is 12.1. The van der Waals surface area contributed by atoms with Crippen molar-refractivity contribution in [2.24, 2.45) is 0 Å². The van der Waals surface area contributed by atoms with E-state index in [0.717, 1.165) is 89.9 Å². The van der Waals surface area contributed by atoms with Gasteiger partial charge in [0.15, 0.2) is 6.10 Å². The van der Waals surface area contributed by atoms with E-state index in [1.807, 2.05) is 0 Å². The molecule has 0 spiro atoms. The first-order chi connectivity index (χ1) is 30.0. The summed E-state index contributed by atoms with van der Waals surface area (Å²) < 4.78 is 16.7. The monoisotopic (exact) mass is 859 g/mol. The zero-order valence-corrected chi connectivity index (χ0v) is 40.9. The molecule has 0 aromatic carbocycles. The molecule has 0 aliphatic rings. The molecule has 0 amide bonds. The van der Waals surface area contributed by atoms with Gasteiger partial charge in [0.05, 0.1) is 0 Å². The fourth-order valence-corrected chi connectivity index (χ4v) is 7.87. The number of allylic oxidation sites excluding steroid dienone is 4. The second-order valence-electron chi connectivity index (χ2n) is 18.2. The molecule has 0 N–H and O–H groups in total. The van der Waals surface area contributed by atoms with Crippen LogP contribution < -0.4 is 0 Å². The maximum absolute atomic E-state index is 12.7. The predicted molar refractivity (Wildman–Crippen MR) is 261 cm³/mol. The lowest BCUT2D eigenvalue weighted by atomic mass is 10.0. The van der Waals surface area contributed by atoms with Gasteiger partial charge < -0.3 is 14.2 Å². The second kappa shape index (κ2) is 50.5. The van der Waals surface area contributed by atoms with Gasteiger partial charge in [-0.05, 0) is 44.9 Å². The van der Waals surface area contributed by atoms with Crippen LogP contribution in [0.5, 0.6) is 0 Å². The van der Waals surface area contributed by atoms with Crippen LogP contribution in [-0.4, -0.2) is 37.2 Å². The largest absolute Gasteiger partial charge is 0.462 e. The van der Waals surface area contributed by atoms with Crippen molar-refractivity contribution in [3.63, 3.8) is 0 Å². The average Bonchev–Trinajstić information content (AvgIpc) is 3.26. The van der Waals surface area contributed by atoms with Crippen molar-refractivity contribution < 1.29 is 28.6 Å². The van der Waals surface area contributed by atoms with Gasteiger partial charge in [-0.2, -0.15) is 0 Å². The van der Waals surface area contributed by atoms with Gasteiger partial charge in [-0.25, -0.2) is 0 Å². The third-order valence-electron chi connectivity index (χ3n) is 12.0. The number of unbranched alkanes of at least 4 members (excludes halogenated alkanes) is 34. The number of hydrogen-bond acceptors (Lipinski definition) is 6. The summed E-state index contributed by atoms with van der Waals surface area (Å²) in [6.45, 7) is 6.53. The Morgan fingerprint density at radius 1 is 0.328 bits per heavy atom. The van der Waals surface area contributed by atoms with E-state index in [0.29, 0.717) is 19.3 Å². The van der Waals surface area contributed by atoms with Crippen LogP contribution in [0.4, 0.5) is 0 Å². The third-order valence-corrected chi connectivity index (χ3v) is 12.0. The minimum atomic E-state index is -0.770. The lowest BCUT2D eigenvalue weighted by Crippen LogP contribution is -2.30. The zero-order valence-electron chi connectivity index (χ0n) is 40.9. The van der Waals surface area contributed by atoms with E-state index >= 15 is 0 Å². The van der Waals surface area contributed by atoms with E-state index < -0.39 is 6.10 Å². The van der Waals surface area contributed by atoms with Gasteiger partial charge in [0.1, 0.15) is 13.2 Å². The first kappa shape index (κ1) is 58.9. The van der Waals surface area contributed by atoms with Crippen molar-refractivity contribution in [3.05, 3.63) is 24.3 Å². The predicted octanol–water partition coefficient (Wildman–Crippen LogP) is 17.5. The lowest BCUT2D eigenvalue weighted by Gasteiger charge is -2.18.